The molecule has 21 heavy (non-hydrogen) atoms. The second-order valence-electron chi connectivity index (χ2n) is 4.66. The first-order valence-corrected chi connectivity index (χ1v) is 9.57. The largest absolute Gasteiger partial charge is 0.383 e. The third kappa shape index (κ3) is 2.79. The monoisotopic (exact) mass is 325 g/mol. The Hall–Kier alpha value is -1.86. The highest BCUT2D eigenvalue weighted by molar-refractivity contribution is 8.68. The summed E-state index contributed by atoms with van der Waals surface area (Å²) in [4.78, 5) is 1.21. The molecule has 0 atom stereocenters. The maximum atomic E-state index is 12.5. The minimum absolute atomic E-state index is 0.208. The topological polar surface area (TPSA) is 71.5 Å². The molecule has 1 aliphatic carbocycles. The molecule has 0 fully saturated rings. The van der Waals surface area contributed by atoms with Crippen LogP contribution in [0.3, 0.4) is 0 Å². The van der Waals surface area contributed by atoms with E-state index in [1.165, 1.54) is 36.4 Å². The van der Waals surface area contributed by atoms with Crippen molar-refractivity contribution >= 4 is 17.7 Å². The smallest absolute Gasteiger partial charge is 0.287 e. The molecule has 0 unspecified atom stereocenters. The summed E-state index contributed by atoms with van der Waals surface area (Å²) in [5.74, 6) is 0. The Labute approximate surface area is 124 Å². The van der Waals surface area contributed by atoms with Gasteiger partial charge in [0.1, 0.15) is 0 Å². The van der Waals surface area contributed by atoms with Gasteiger partial charge in [0.15, 0.2) is 0 Å². The summed E-state index contributed by atoms with van der Waals surface area (Å²) in [5.41, 5.74) is 0.347. The summed E-state index contributed by atoms with van der Waals surface area (Å²) in [5, 5.41) is 0. The third-order valence-corrected chi connectivity index (χ3v) is 7.98. The van der Waals surface area contributed by atoms with Crippen molar-refractivity contribution in [2.24, 2.45) is 0 Å². The van der Waals surface area contributed by atoms with E-state index in [-0.39, 0.29) is 9.80 Å². The van der Waals surface area contributed by atoms with Crippen LogP contribution in [0.25, 0.3) is 0 Å². The van der Waals surface area contributed by atoms with Crippen LogP contribution in [0.5, 0.6) is 0 Å². The van der Waals surface area contributed by atoms with Crippen molar-refractivity contribution in [1.82, 2.24) is 4.90 Å². The standard InChI is InChI=1S/C14H15NO4S2/c1-15(2)11-12-7-6-10-14(12)21(18,19)20(16,17)13-8-4-3-5-9-13/h3-11H,1-2H3/b12-11+. The quantitative estimate of drug-likeness (QED) is 0.788. The second-order valence-corrected chi connectivity index (χ2v) is 10.0. The average Bonchev–Trinajstić information content (AvgIpc) is 2.87. The van der Waals surface area contributed by atoms with Crippen molar-refractivity contribution in [3.63, 3.8) is 0 Å². The Morgan fingerprint density at radius 2 is 1.57 bits per heavy atom. The number of nitrogens with zero attached hydrogens (tertiary/aromatic N) is 1. The van der Waals surface area contributed by atoms with Gasteiger partial charge in [0.05, 0.1) is 9.80 Å². The van der Waals surface area contributed by atoms with E-state index in [1.807, 2.05) is 0 Å². The number of allylic oxidation sites excluding steroid dienone is 4. The zero-order valence-electron chi connectivity index (χ0n) is 11.6. The highest BCUT2D eigenvalue weighted by Gasteiger charge is 2.37. The van der Waals surface area contributed by atoms with Gasteiger partial charge in [-0.2, -0.15) is 0 Å². The van der Waals surface area contributed by atoms with Gasteiger partial charge in [-0.05, 0) is 18.2 Å². The normalized spacial score (nSPS) is 17.0. The van der Waals surface area contributed by atoms with Crippen molar-refractivity contribution < 1.29 is 16.8 Å². The van der Waals surface area contributed by atoms with Crippen LogP contribution >= 0.6 is 0 Å². The highest BCUT2D eigenvalue weighted by Crippen LogP contribution is 2.31. The summed E-state index contributed by atoms with van der Waals surface area (Å²) in [6, 6.07) is 7.14. The summed E-state index contributed by atoms with van der Waals surface area (Å²) in [6.07, 6.45) is 5.94. The Balaban J connectivity index is 2.54. The molecule has 0 saturated heterocycles. The molecule has 0 amide bonds. The SMILES string of the molecule is CN(C)/C=C1\C=CC=C1S(=O)(=O)S(=O)(=O)c1ccccc1. The van der Waals surface area contributed by atoms with Crippen molar-refractivity contribution in [3.05, 3.63) is 65.2 Å². The highest BCUT2D eigenvalue weighted by atomic mass is 33.2. The number of rotatable bonds is 4. The second kappa shape index (κ2) is 5.50. The minimum Gasteiger partial charge on any atom is -0.383 e. The minimum atomic E-state index is -4.51. The first-order chi connectivity index (χ1) is 9.76. The number of benzene rings is 1. The molecule has 0 bridgehead atoms. The molecular weight excluding hydrogens is 310 g/mol. The first-order valence-electron chi connectivity index (χ1n) is 6.09. The molecule has 0 aromatic heterocycles. The Morgan fingerprint density at radius 3 is 2.14 bits per heavy atom. The molecule has 0 heterocycles. The van der Waals surface area contributed by atoms with Gasteiger partial charge in [-0.15, -0.1) is 0 Å². The Bertz CT molecular complexity index is 830. The van der Waals surface area contributed by atoms with Gasteiger partial charge in [-0.1, -0.05) is 30.4 Å². The van der Waals surface area contributed by atoms with Crippen LogP contribution in [0.15, 0.2) is 70.1 Å². The van der Waals surface area contributed by atoms with E-state index < -0.39 is 17.7 Å². The lowest BCUT2D eigenvalue weighted by atomic mass is 10.3. The summed E-state index contributed by atoms with van der Waals surface area (Å²) < 4.78 is 49.7. The fourth-order valence-electron chi connectivity index (χ4n) is 1.86. The lowest BCUT2D eigenvalue weighted by molar-refractivity contribution is 0.560. The molecule has 0 radical (unpaired) electrons. The molecule has 112 valence electrons. The van der Waals surface area contributed by atoms with Crippen LogP contribution in [-0.2, 0) is 17.7 Å². The molecule has 1 aliphatic rings. The van der Waals surface area contributed by atoms with Gasteiger partial charge in [-0.25, -0.2) is 16.8 Å². The van der Waals surface area contributed by atoms with Crippen LogP contribution in [0.1, 0.15) is 0 Å². The molecular formula is C14H15NO4S2. The summed E-state index contributed by atoms with van der Waals surface area (Å²) in [7, 11) is -5.53. The molecule has 0 aliphatic heterocycles. The Morgan fingerprint density at radius 1 is 0.952 bits per heavy atom. The third-order valence-electron chi connectivity index (χ3n) is 2.80. The molecule has 5 nitrogen and oxygen atoms in total. The molecule has 1 aromatic rings. The van der Waals surface area contributed by atoms with Gasteiger partial charge in [0.2, 0.25) is 0 Å². The Kier molecular flexibility index (Phi) is 4.06. The van der Waals surface area contributed by atoms with Gasteiger partial charge < -0.3 is 4.90 Å². The van der Waals surface area contributed by atoms with E-state index in [0.717, 1.165) is 0 Å². The van der Waals surface area contributed by atoms with E-state index in [2.05, 4.69) is 0 Å². The van der Waals surface area contributed by atoms with Crippen LogP contribution in [0.4, 0.5) is 0 Å². The lowest BCUT2D eigenvalue weighted by Crippen LogP contribution is -2.18. The summed E-state index contributed by atoms with van der Waals surface area (Å²) in [6.45, 7) is 0. The van der Waals surface area contributed by atoms with E-state index in [4.69, 9.17) is 0 Å². The van der Waals surface area contributed by atoms with E-state index in [0.29, 0.717) is 5.57 Å². The predicted molar refractivity (Wildman–Crippen MR) is 81.5 cm³/mol. The maximum absolute atomic E-state index is 12.5. The number of hydrogen-bond donors (Lipinski definition) is 0. The summed E-state index contributed by atoms with van der Waals surface area (Å²) >= 11 is 0. The molecule has 0 saturated carbocycles. The zero-order valence-corrected chi connectivity index (χ0v) is 13.2. The molecule has 0 spiro atoms. The van der Waals surface area contributed by atoms with Gasteiger partial charge in [0.25, 0.3) is 17.7 Å². The fourth-order valence-corrected chi connectivity index (χ4v) is 5.75. The van der Waals surface area contributed by atoms with Crippen LogP contribution in [0, 0.1) is 0 Å². The van der Waals surface area contributed by atoms with Gasteiger partial charge >= 0.3 is 0 Å². The van der Waals surface area contributed by atoms with Crippen LogP contribution < -0.4 is 0 Å². The van der Waals surface area contributed by atoms with Crippen molar-refractivity contribution in [2.75, 3.05) is 14.1 Å². The van der Waals surface area contributed by atoms with Crippen molar-refractivity contribution in [3.8, 4) is 0 Å². The van der Waals surface area contributed by atoms with Gasteiger partial charge in [-0.3, -0.25) is 0 Å². The lowest BCUT2D eigenvalue weighted by Gasteiger charge is -2.11. The van der Waals surface area contributed by atoms with Crippen LogP contribution in [-0.4, -0.2) is 35.8 Å². The number of hydrogen-bond acceptors (Lipinski definition) is 5. The molecule has 1 aromatic carbocycles. The van der Waals surface area contributed by atoms with E-state index in [1.54, 1.807) is 37.3 Å². The van der Waals surface area contributed by atoms with Gasteiger partial charge in [0, 0.05) is 25.9 Å². The van der Waals surface area contributed by atoms with Crippen molar-refractivity contribution in [1.29, 1.82) is 0 Å². The first kappa shape index (κ1) is 15.5. The fraction of sp³-hybridized carbons (Fsp3) is 0.143. The van der Waals surface area contributed by atoms with E-state index in [9.17, 15) is 16.8 Å². The van der Waals surface area contributed by atoms with Crippen LogP contribution in [0.2, 0.25) is 0 Å². The maximum Gasteiger partial charge on any atom is 0.287 e. The zero-order chi connectivity index (χ0) is 15.7. The van der Waals surface area contributed by atoms with E-state index >= 15 is 0 Å². The molecule has 2 rings (SSSR count). The molecule has 7 heteroatoms. The average molecular weight is 325 g/mol. The van der Waals surface area contributed by atoms with Crippen molar-refractivity contribution in [2.45, 2.75) is 4.90 Å². The molecule has 0 N–H and O–H groups in total. The predicted octanol–water partition coefficient (Wildman–Crippen LogP) is 1.69.